The standard InChI is InChI=1S/C55H94FN5O12/c1-16-18-19-38-20-22-39(23-21-38)47(68-14)42(29-56)61-31-40(57-58-61)24-25-59(12)41-26-33(4)70-52(46(41)62)73-50-34(5)45(43-28-54(10,69-15)49(64)37(8)71-43)35(6)51(65)72-44(17-2)55(11,67)48(63)36(7)60(13)30-32(3)27-53(50,9)66/h20-23,31-37,41-50,52,62-64,66-67H,16-19,24-30H2,1-15H3/t32-,33-,34+,35-,36-,37+,41+,42-,43?,44-,45+,46-,47-,48-,49+,50-,52+,53-,54-,55-/m1/s1. The zero-order chi connectivity index (χ0) is 54.3. The van der Waals surface area contributed by atoms with E-state index in [0.717, 1.165) is 24.8 Å². The second-order valence-corrected chi connectivity index (χ2v) is 22.9. The molecule has 0 bridgehead atoms. The summed E-state index contributed by atoms with van der Waals surface area (Å²) in [5.41, 5.74) is -1.78. The number of hydrogen-bond acceptors (Lipinski definition) is 16. The Morgan fingerprint density at radius 2 is 1.63 bits per heavy atom. The van der Waals surface area contributed by atoms with Crippen LogP contribution in [0.2, 0.25) is 0 Å². The topological polar surface area (TPSA) is 211 Å². The zero-order valence-electron chi connectivity index (χ0n) is 46.7. The summed E-state index contributed by atoms with van der Waals surface area (Å²) in [6, 6.07) is 6.34. The molecule has 1 unspecified atom stereocenters. The number of esters is 1. The molecule has 5 N–H and O–H groups in total. The molecule has 0 amide bonds. The van der Waals surface area contributed by atoms with E-state index in [1.54, 1.807) is 54.8 Å². The lowest BCUT2D eigenvalue weighted by Crippen LogP contribution is -2.62. The first-order chi connectivity index (χ1) is 34.3. The number of aromatic nitrogens is 3. The van der Waals surface area contributed by atoms with E-state index in [0.29, 0.717) is 31.6 Å². The number of aliphatic hydroxyl groups excluding tert-OH is 3. The molecule has 17 nitrogen and oxygen atoms in total. The maximum Gasteiger partial charge on any atom is 0.309 e. The van der Waals surface area contributed by atoms with Crippen molar-refractivity contribution in [3.8, 4) is 0 Å². The van der Waals surface area contributed by atoms with Gasteiger partial charge in [0, 0.05) is 64.3 Å². The number of unbranched alkanes of at least 4 members (excludes halogenated alkanes) is 1. The molecular formula is C55H94FN5O12. The highest BCUT2D eigenvalue weighted by atomic mass is 19.1. The minimum Gasteiger partial charge on any atom is -0.459 e. The average Bonchev–Trinajstić information content (AvgIpc) is 3.82. The van der Waals surface area contributed by atoms with E-state index in [9.17, 15) is 34.7 Å². The number of carbonyl (C=O) groups is 1. The molecule has 73 heavy (non-hydrogen) atoms. The molecule has 3 saturated heterocycles. The molecule has 0 aliphatic carbocycles. The number of alkyl halides is 1. The van der Waals surface area contributed by atoms with Crippen LogP contribution in [0.15, 0.2) is 30.5 Å². The number of halogens is 1. The van der Waals surface area contributed by atoms with Gasteiger partial charge in [0.2, 0.25) is 0 Å². The van der Waals surface area contributed by atoms with Gasteiger partial charge in [0.15, 0.2) is 6.29 Å². The van der Waals surface area contributed by atoms with Crippen LogP contribution in [-0.4, -0.2) is 188 Å². The molecular weight excluding hydrogens is 942 g/mol. The van der Waals surface area contributed by atoms with Crippen molar-refractivity contribution in [1.82, 2.24) is 24.8 Å². The smallest absolute Gasteiger partial charge is 0.309 e. The summed E-state index contributed by atoms with van der Waals surface area (Å²) in [5, 5.41) is 69.0. The van der Waals surface area contributed by atoms with E-state index in [4.69, 9.17) is 28.4 Å². The van der Waals surface area contributed by atoms with Gasteiger partial charge in [-0.05, 0) is 111 Å². The summed E-state index contributed by atoms with van der Waals surface area (Å²) in [5.74, 6) is -3.22. The first-order valence-electron chi connectivity index (χ1n) is 27.0. The monoisotopic (exact) mass is 1040 g/mol. The van der Waals surface area contributed by atoms with E-state index in [1.165, 1.54) is 24.3 Å². The third-order valence-electron chi connectivity index (χ3n) is 17.0. The maximum atomic E-state index is 14.8. The maximum absolute atomic E-state index is 14.8. The molecule has 1 aromatic heterocycles. The summed E-state index contributed by atoms with van der Waals surface area (Å²) in [6.07, 6.45) is -2.84. The quantitative estimate of drug-likeness (QED) is 0.122. The van der Waals surface area contributed by atoms with Crippen LogP contribution in [0.4, 0.5) is 4.39 Å². The van der Waals surface area contributed by atoms with Gasteiger partial charge in [-0.25, -0.2) is 9.07 Å². The van der Waals surface area contributed by atoms with Gasteiger partial charge < -0.3 is 63.8 Å². The number of cyclic esters (lactones) is 1. The number of ether oxygens (including phenoxy) is 6. The van der Waals surface area contributed by atoms with Crippen LogP contribution in [0.5, 0.6) is 0 Å². The van der Waals surface area contributed by atoms with Crippen molar-refractivity contribution in [2.75, 3.05) is 48.1 Å². The predicted octanol–water partition coefficient (Wildman–Crippen LogP) is 5.62. The first-order valence-corrected chi connectivity index (χ1v) is 27.0. The number of nitrogens with zero attached hydrogens (tertiary/aromatic N) is 5. The third kappa shape index (κ3) is 14.3. The Balaban J connectivity index is 1.44. The molecule has 0 spiro atoms. The van der Waals surface area contributed by atoms with Crippen molar-refractivity contribution >= 4 is 5.97 Å². The van der Waals surface area contributed by atoms with Crippen molar-refractivity contribution in [2.24, 2.45) is 23.7 Å². The number of likely N-dealkylation sites (N-methyl/N-ethyl adjacent to an activating group) is 2. The van der Waals surface area contributed by atoms with Gasteiger partial charge in [-0.2, -0.15) is 0 Å². The number of rotatable bonds is 17. The number of benzene rings is 1. The molecule has 4 heterocycles. The van der Waals surface area contributed by atoms with Gasteiger partial charge in [0.25, 0.3) is 0 Å². The number of aliphatic hydroxyl groups is 5. The Kier molecular flexibility index (Phi) is 21.8. The number of carbonyl (C=O) groups excluding carboxylic acids is 1. The summed E-state index contributed by atoms with van der Waals surface area (Å²) < 4.78 is 54.4. The van der Waals surface area contributed by atoms with Crippen LogP contribution < -0.4 is 0 Å². The van der Waals surface area contributed by atoms with Gasteiger partial charge in [-0.15, -0.1) is 5.10 Å². The molecule has 3 fully saturated rings. The Morgan fingerprint density at radius 3 is 2.23 bits per heavy atom. The lowest BCUT2D eigenvalue weighted by molar-refractivity contribution is -0.302. The largest absolute Gasteiger partial charge is 0.459 e. The molecule has 20 atom stereocenters. The van der Waals surface area contributed by atoms with Crippen LogP contribution in [0.3, 0.4) is 0 Å². The lowest BCUT2D eigenvalue weighted by Gasteiger charge is -2.51. The fraction of sp³-hybridized carbons (Fsp3) is 0.836. The minimum atomic E-state index is -1.82. The summed E-state index contributed by atoms with van der Waals surface area (Å²) in [4.78, 5) is 18.6. The summed E-state index contributed by atoms with van der Waals surface area (Å²) >= 11 is 0. The van der Waals surface area contributed by atoms with Crippen LogP contribution in [0.1, 0.15) is 144 Å². The number of methoxy groups -OCH3 is 2. The first kappa shape index (κ1) is 61.1. The van der Waals surface area contributed by atoms with Crippen molar-refractivity contribution in [3.63, 3.8) is 0 Å². The predicted molar refractivity (Wildman–Crippen MR) is 275 cm³/mol. The molecule has 0 radical (unpaired) electrons. The van der Waals surface area contributed by atoms with Gasteiger partial charge >= 0.3 is 5.97 Å². The third-order valence-corrected chi connectivity index (χ3v) is 17.0. The van der Waals surface area contributed by atoms with Crippen molar-refractivity contribution in [1.29, 1.82) is 0 Å². The highest BCUT2D eigenvalue weighted by molar-refractivity contribution is 5.73. The minimum absolute atomic E-state index is 0.178. The van der Waals surface area contributed by atoms with E-state index < -0.39 is 120 Å². The average molecular weight is 1040 g/mol. The molecule has 1 aromatic carbocycles. The molecule has 2 aromatic rings. The molecule has 418 valence electrons. The highest BCUT2D eigenvalue weighted by Crippen LogP contribution is 2.45. The van der Waals surface area contributed by atoms with Gasteiger partial charge in [-0.3, -0.25) is 4.79 Å². The van der Waals surface area contributed by atoms with Gasteiger partial charge in [0.1, 0.15) is 48.8 Å². The van der Waals surface area contributed by atoms with Crippen LogP contribution >= 0.6 is 0 Å². The number of hydrogen-bond donors (Lipinski definition) is 5. The second-order valence-electron chi connectivity index (χ2n) is 22.9. The Morgan fingerprint density at radius 1 is 0.959 bits per heavy atom. The normalized spacial score (nSPS) is 39.6. The van der Waals surface area contributed by atoms with E-state index >= 15 is 0 Å². The fourth-order valence-corrected chi connectivity index (χ4v) is 12.3. The Hall–Kier alpha value is -2.72. The summed E-state index contributed by atoms with van der Waals surface area (Å²) in [6.45, 7) is 20.2. The summed E-state index contributed by atoms with van der Waals surface area (Å²) in [7, 11) is 6.85. The molecule has 3 aliphatic rings. The van der Waals surface area contributed by atoms with Crippen LogP contribution in [0, 0.1) is 23.7 Å². The Bertz CT molecular complexity index is 2000. The van der Waals surface area contributed by atoms with Crippen molar-refractivity contribution in [3.05, 3.63) is 47.3 Å². The molecule has 18 heteroatoms. The van der Waals surface area contributed by atoms with E-state index in [-0.39, 0.29) is 31.3 Å². The van der Waals surface area contributed by atoms with Crippen molar-refractivity contribution < 1.29 is 63.1 Å². The second kappa shape index (κ2) is 26.1. The van der Waals surface area contributed by atoms with Gasteiger partial charge in [-0.1, -0.05) is 70.5 Å². The highest BCUT2D eigenvalue weighted by Gasteiger charge is 2.55. The van der Waals surface area contributed by atoms with E-state index in [1.807, 2.05) is 56.8 Å². The Labute approximate surface area is 435 Å². The molecule has 0 saturated carbocycles. The van der Waals surface area contributed by atoms with Crippen LogP contribution in [0.25, 0.3) is 0 Å². The zero-order valence-corrected chi connectivity index (χ0v) is 46.7. The lowest BCUT2D eigenvalue weighted by atomic mass is 9.68. The fourth-order valence-electron chi connectivity index (χ4n) is 12.3. The molecule has 3 aliphatic heterocycles. The molecule has 5 rings (SSSR count). The number of aryl methyl sites for hydroxylation is 1. The van der Waals surface area contributed by atoms with Crippen molar-refractivity contribution in [2.45, 2.75) is 224 Å². The van der Waals surface area contributed by atoms with E-state index in [2.05, 4.69) is 29.4 Å². The van der Waals surface area contributed by atoms with Crippen LogP contribution in [-0.2, 0) is 46.1 Å². The van der Waals surface area contributed by atoms with Gasteiger partial charge in [0.05, 0.1) is 47.2 Å². The SMILES string of the molecule is CCCCc1ccc([C@@H](OC)[C@@H](CF)n2cc(CCN(C)[C@H]3C[C@@H](C)O[C@@H](O[C@@H]4[C@@H](C)[C@H](C5C[C@@](C)(OC)[C@@H](O)[C@H](C)O5)[C@@H](C)C(=O)O[C@H](CC)[C@@](C)(O)[C@H](O)[C@@H](C)N(C)C[C@H](C)C[C@@]4(C)O)[C@@H]3O)nn2)cc1.